The molecule has 2 unspecified atom stereocenters. The van der Waals surface area contributed by atoms with Gasteiger partial charge in [0.05, 0.1) is 11.7 Å². The molecule has 0 aromatic rings. The van der Waals surface area contributed by atoms with Crippen molar-refractivity contribution in [2.24, 2.45) is 11.7 Å². The molecule has 0 spiro atoms. The molecule has 0 aliphatic heterocycles. The Balaban J connectivity index is 2.42. The number of rotatable bonds is 5. The van der Waals surface area contributed by atoms with Gasteiger partial charge in [0.25, 0.3) is 0 Å². The molecule has 2 atom stereocenters. The summed E-state index contributed by atoms with van der Waals surface area (Å²) in [5.74, 6) is 0.406. The van der Waals surface area contributed by atoms with Crippen LogP contribution in [0.4, 0.5) is 0 Å². The highest BCUT2D eigenvalue weighted by Crippen LogP contribution is 2.43. The van der Waals surface area contributed by atoms with Gasteiger partial charge in [0.2, 0.25) is 0 Å². The standard InChI is InChI=1S/C9H19NO2/c1-2-9(12,7-3-4-7)5-8(11)6-10/h7-8,11-12H,2-6,10H2,1H3. The maximum atomic E-state index is 10.0. The quantitative estimate of drug-likeness (QED) is 0.558. The van der Waals surface area contributed by atoms with Gasteiger partial charge < -0.3 is 15.9 Å². The number of aliphatic hydroxyl groups excluding tert-OH is 1. The fourth-order valence-electron chi connectivity index (χ4n) is 1.71. The maximum Gasteiger partial charge on any atom is 0.0698 e. The van der Waals surface area contributed by atoms with Crippen molar-refractivity contribution < 1.29 is 10.2 Å². The van der Waals surface area contributed by atoms with Crippen molar-refractivity contribution in [1.82, 2.24) is 0 Å². The molecule has 72 valence electrons. The zero-order valence-corrected chi connectivity index (χ0v) is 7.66. The molecule has 4 N–H and O–H groups in total. The molecule has 0 amide bonds. The van der Waals surface area contributed by atoms with Gasteiger partial charge in [-0.2, -0.15) is 0 Å². The van der Waals surface area contributed by atoms with E-state index in [0.29, 0.717) is 18.8 Å². The molecule has 1 saturated carbocycles. The van der Waals surface area contributed by atoms with E-state index in [-0.39, 0.29) is 6.54 Å². The first-order valence-electron chi connectivity index (χ1n) is 4.73. The minimum atomic E-state index is -0.654. The van der Waals surface area contributed by atoms with Gasteiger partial charge in [0.1, 0.15) is 0 Å². The fourth-order valence-corrected chi connectivity index (χ4v) is 1.71. The summed E-state index contributed by atoms with van der Waals surface area (Å²) in [6.45, 7) is 2.20. The highest BCUT2D eigenvalue weighted by Gasteiger charge is 2.43. The third-order valence-electron chi connectivity index (χ3n) is 2.81. The van der Waals surface area contributed by atoms with Crippen LogP contribution in [-0.2, 0) is 0 Å². The van der Waals surface area contributed by atoms with Crippen LogP contribution in [0.15, 0.2) is 0 Å². The number of nitrogens with two attached hydrogens (primary N) is 1. The summed E-state index contributed by atoms with van der Waals surface area (Å²) in [5, 5.41) is 19.4. The lowest BCUT2D eigenvalue weighted by Crippen LogP contribution is -2.37. The van der Waals surface area contributed by atoms with Crippen molar-refractivity contribution >= 4 is 0 Å². The summed E-state index contributed by atoms with van der Waals surface area (Å²) < 4.78 is 0. The van der Waals surface area contributed by atoms with Gasteiger partial charge in [-0.1, -0.05) is 6.92 Å². The molecule has 1 rings (SSSR count). The molecular formula is C9H19NO2. The minimum absolute atomic E-state index is 0.245. The largest absolute Gasteiger partial charge is 0.392 e. The molecule has 1 fully saturated rings. The Labute approximate surface area is 73.6 Å². The predicted molar refractivity (Wildman–Crippen MR) is 47.6 cm³/mol. The molecule has 3 nitrogen and oxygen atoms in total. The third-order valence-corrected chi connectivity index (χ3v) is 2.81. The van der Waals surface area contributed by atoms with Crippen molar-refractivity contribution in [3.8, 4) is 0 Å². The molecule has 12 heavy (non-hydrogen) atoms. The second-order valence-corrected chi connectivity index (χ2v) is 3.83. The van der Waals surface area contributed by atoms with Crippen LogP contribution in [0.2, 0.25) is 0 Å². The van der Waals surface area contributed by atoms with Crippen LogP contribution in [0, 0.1) is 5.92 Å². The zero-order valence-electron chi connectivity index (χ0n) is 7.66. The van der Waals surface area contributed by atoms with E-state index in [1.54, 1.807) is 0 Å². The first kappa shape index (κ1) is 9.96. The zero-order chi connectivity index (χ0) is 9.19. The molecular weight excluding hydrogens is 154 g/mol. The molecule has 0 saturated heterocycles. The van der Waals surface area contributed by atoms with Crippen LogP contribution in [0.1, 0.15) is 32.6 Å². The lowest BCUT2D eigenvalue weighted by atomic mass is 9.88. The van der Waals surface area contributed by atoms with Gasteiger partial charge in [-0.3, -0.25) is 0 Å². The van der Waals surface area contributed by atoms with Crippen molar-refractivity contribution in [3.63, 3.8) is 0 Å². The van der Waals surface area contributed by atoms with Gasteiger partial charge >= 0.3 is 0 Å². The number of hydrogen-bond donors (Lipinski definition) is 3. The molecule has 0 aromatic carbocycles. The van der Waals surface area contributed by atoms with Crippen LogP contribution in [0.25, 0.3) is 0 Å². The van der Waals surface area contributed by atoms with E-state index < -0.39 is 11.7 Å². The normalized spacial score (nSPS) is 25.0. The summed E-state index contributed by atoms with van der Waals surface area (Å²) in [6, 6.07) is 0. The van der Waals surface area contributed by atoms with Gasteiger partial charge in [0, 0.05) is 13.0 Å². The Morgan fingerprint density at radius 3 is 2.50 bits per heavy atom. The van der Waals surface area contributed by atoms with E-state index in [4.69, 9.17) is 5.73 Å². The summed E-state index contributed by atoms with van der Waals surface area (Å²) in [6.07, 6.45) is 2.80. The van der Waals surface area contributed by atoms with Crippen LogP contribution < -0.4 is 5.73 Å². The van der Waals surface area contributed by atoms with Gasteiger partial charge in [-0.05, 0) is 25.2 Å². The van der Waals surface area contributed by atoms with E-state index in [9.17, 15) is 10.2 Å². The van der Waals surface area contributed by atoms with Crippen LogP contribution in [-0.4, -0.2) is 28.5 Å². The van der Waals surface area contributed by atoms with Crippen molar-refractivity contribution in [2.75, 3.05) is 6.54 Å². The fraction of sp³-hybridized carbons (Fsp3) is 1.00. The monoisotopic (exact) mass is 173 g/mol. The second kappa shape index (κ2) is 3.73. The Morgan fingerprint density at radius 2 is 2.17 bits per heavy atom. The number of aliphatic hydroxyl groups is 2. The van der Waals surface area contributed by atoms with E-state index >= 15 is 0 Å². The van der Waals surface area contributed by atoms with Gasteiger partial charge in [-0.25, -0.2) is 0 Å². The molecule has 0 heterocycles. The molecule has 3 heteroatoms. The molecule has 0 bridgehead atoms. The summed E-state index contributed by atoms with van der Waals surface area (Å²) in [4.78, 5) is 0. The second-order valence-electron chi connectivity index (χ2n) is 3.83. The topological polar surface area (TPSA) is 66.5 Å². The number of hydrogen-bond acceptors (Lipinski definition) is 3. The average Bonchev–Trinajstić information content (AvgIpc) is 2.86. The Kier molecular flexibility index (Phi) is 3.09. The first-order valence-corrected chi connectivity index (χ1v) is 4.73. The van der Waals surface area contributed by atoms with Crippen LogP contribution >= 0.6 is 0 Å². The van der Waals surface area contributed by atoms with E-state index in [1.165, 1.54) is 0 Å². The summed E-state index contributed by atoms with van der Waals surface area (Å²) in [7, 11) is 0. The SMILES string of the molecule is CCC(O)(CC(O)CN)C1CC1. The molecule has 1 aliphatic carbocycles. The highest BCUT2D eigenvalue weighted by atomic mass is 16.3. The lowest BCUT2D eigenvalue weighted by Gasteiger charge is -2.28. The minimum Gasteiger partial charge on any atom is -0.392 e. The smallest absolute Gasteiger partial charge is 0.0698 e. The van der Waals surface area contributed by atoms with Gasteiger partial charge in [0.15, 0.2) is 0 Å². The van der Waals surface area contributed by atoms with Crippen LogP contribution in [0.5, 0.6) is 0 Å². The van der Waals surface area contributed by atoms with Crippen molar-refractivity contribution in [3.05, 3.63) is 0 Å². The Morgan fingerprint density at radius 1 is 1.58 bits per heavy atom. The van der Waals surface area contributed by atoms with Crippen molar-refractivity contribution in [2.45, 2.75) is 44.3 Å². The third kappa shape index (κ3) is 2.19. The molecule has 1 aliphatic rings. The first-order chi connectivity index (χ1) is 5.62. The van der Waals surface area contributed by atoms with Gasteiger partial charge in [-0.15, -0.1) is 0 Å². The Bertz CT molecular complexity index is 147. The summed E-state index contributed by atoms with van der Waals surface area (Å²) >= 11 is 0. The molecule has 0 radical (unpaired) electrons. The lowest BCUT2D eigenvalue weighted by molar-refractivity contribution is -0.0292. The highest BCUT2D eigenvalue weighted by molar-refractivity contribution is 4.95. The predicted octanol–water partition coefficient (Wildman–Crippen LogP) is 0.247. The van der Waals surface area contributed by atoms with Crippen molar-refractivity contribution in [1.29, 1.82) is 0 Å². The van der Waals surface area contributed by atoms with E-state index in [0.717, 1.165) is 12.8 Å². The maximum absolute atomic E-state index is 10.0. The summed E-state index contributed by atoms with van der Waals surface area (Å²) in [5.41, 5.74) is 4.64. The van der Waals surface area contributed by atoms with E-state index in [1.807, 2.05) is 6.92 Å². The molecule has 0 aromatic heterocycles. The Hall–Kier alpha value is -0.120. The average molecular weight is 173 g/mol. The van der Waals surface area contributed by atoms with E-state index in [2.05, 4.69) is 0 Å². The van der Waals surface area contributed by atoms with Crippen LogP contribution in [0.3, 0.4) is 0 Å².